The van der Waals surface area contributed by atoms with Gasteiger partial charge in [-0.15, -0.1) is 0 Å². The number of ether oxygens (including phenoxy) is 2. The van der Waals surface area contributed by atoms with E-state index < -0.39 is 5.91 Å². The number of nitrogens with zero attached hydrogens (tertiary/aromatic N) is 3. The molecule has 2 aromatic carbocycles. The van der Waals surface area contributed by atoms with Crippen LogP contribution in [0.4, 0.5) is 5.69 Å². The fourth-order valence-electron chi connectivity index (χ4n) is 3.25. The number of para-hydroxylation sites is 1. The van der Waals surface area contributed by atoms with Gasteiger partial charge in [0.1, 0.15) is 11.6 Å². The molecule has 1 amide bonds. The summed E-state index contributed by atoms with van der Waals surface area (Å²) in [6, 6.07) is 12.3. The van der Waals surface area contributed by atoms with Crippen LogP contribution in [0.5, 0.6) is 11.5 Å². The number of hydrogen-bond acceptors (Lipinski definition) is 5. The molecular formula is C23H18Cl2N4O3. The minimum Gasteiger partial charge on any atom is -0.490 e. The maximum atomic E-state index is 12.8. The highest BCUT2D eigenvalue weighted by molar-refractivity contribution is 6.40. The molecule has 0 saturated carbocycles. The standard InChI is InChI=1S/C23H18Cl2N4O3/c1-29-13-16(10-15(12-26)23(30)27-22-17(24)4-2-5-18(22)25)21(28-29)14-6-7-19-20(11-14)32-9-3-8-31-19/h2,4-7,10-11,13H,3,8-9H2,1H3,(H,27,30)/b15-10+. The molecule has 32 heavy (non-hydrogen) atoms. The zero-order valence-corrected chi connectivity index (χ0v) is 18.6. The van der Waals surface area contributed by atoms with Crippen molar-refractivity contribution in [3.05, 3.63) is 63.8 Å². The summed E-state index contributed by atoms with van der Waals surface area (Å²) in [4.78, 5) is 12.8. The number of fused-ring (bicyclic) bond motifs is 1. The summed E-state index contributed by atoms with van der Waals surface area (Å²) in [7, 11) is 1.76. The maximum absolute atomic E-state index is 12.8. The van der Waals surface area contributed by atoms with Crippen molar-refractivity contribution in [2.24, 2.45) is 7.05 Å². The number of benzene rings is 2. The smallest absolute Gasteiger partial charge is 0.266 e. The molecule has 0 atom stereocenters. The van der Waals surface area contributed by atoms with Crippen molar-refractivity contribution in [2.75, 3.05) is 18.5 Å². The first-order chi connectivity index (χ1) is 15.5. The van der Waals surface area contributed by atoms with Crippen LogP contribution in [-0.4, -0.2) is 28.9 Å². The summed E-state index contributed by atoms with van der Waals surface area (Å²) in [5.41, 5.74) is 2.09. The topological polar surface area (TPSA) is 89.2 Å². The first-order valence-electron chi connectivity index (χ1n) is 9.77. The highest BCUT2D eigenvalue weighted by Crippen LogP contribution is 2.35. The molecule has 2 heterocycles. The van der Waals surface area contributed by atoms with Crippen LogP contribution >= 0.6 is 23.2 Å². The van der Waals surface area contributed by atoms with E-state index in [4.69, 9.17) is 32.7 Å². The second-order valence-electron chi connectivity index (χ2n) is 7.04. The average Bonchev–Trinajstić information content (AvgIpc) is 2.99. The quantitative estimate of drug-likeness (QED) is 0.424. The van der Waals surface area contributed by atoms with Crippen molar-refractivity contribution in [3.63, 3.8) is 0 Å². The Morgan fingerprint density at radius 3 is 2.62 bits per heavy atom. The predicted octanol–water partition coefficient (Wildman–Crippen LogP) is 5.10. The summed E-state index contributed by atoms with van der Waals surface area (Å²) >= 11 is 12.2. The summed E-state index contributed by atoms with van der Waals surface area (Å²) < 4.78 is 13.1. The molecule has 7 nitrogen and oxygen atoms in total. The lowest BCUT2D eigenvalue weighted by molar-refractivity contribution is -0.112. The van der Waals surface area contributed by atoms with Crippen LogP contribution in [-0.2, 0) is 11.8 Å². The minimum atomic E-state index is -0.629. The summed E-state index contributed by atoms with van der Waals surface area (Å²) in [6.45, 7) is 1.16. The Balaban J connectivity index is 1.68. The Hall–Kier alpha value is -3.47. The Bertz CT molecular complexity index is 1240. The zero-order valence-electron chi connectivity index (χ0n) is 17.1. The van der Waals surface area contributed by atoms with Crippen LogP contribution in [0, 0.1) is 11.3 Å². The number of anilines is 1. The van der Waals surface area contributed by atoms with E-state index in [1.165, 1.54) is 6.08 Å². The molecule has 0 saturated heterocycles. The molecule has 3 aromatic rings. The number of carbonyl (C=O) groups is 1. The van der Waals surface area contributed by atoms with E-state index in [0.29, 0.717) is 36.0 Å². The third-order valence-corrected chi connectivity index (χ3v) is 5.37. The lowest BCUT2D eigenvalue weighted by Crippen LogP contribution is -2.14. The fraction of sp³-hybridized carbons (Fsp3) is 0.174. The number of halogens is 2. The average molecular weight is 469 g/mol. The van der Waals surface area contributed by atoms with Crippen LogP contribution in [0.3, 0.4) is 0 Å². The van der Waals surface area contributed by atoms with Gasteiger partial charge in [-0.2, -0.15) is 10.4 Å². The lowest BCUT2D eigenvalue weighted by atomic mass is 10.1. The van der Waals surface area contributed by atoms with E-state index in [9.17, 15) is 10.1 Å². The van der Waals surface area contributed by atoms with E-state index in [1.54, 1.807) is 36.1 Å². The molecule has 0 unspecified atom stereocenters. The first-order valence-corrected chi connectivity index (χ1v) is 10.5. The van der Waals surface area contributed by atoms with E-state index >= 15 is 0 Å². The van der Waals surface area contributed by atoms with Crippen LogP contribution in [0.1, 0.15) is 12.0 Å². The monoisotopic (exact) mass is 468 g/mol. The Kier molecular flexibility index (Phi) is 6.35. The number of carbonyl (C=O) groups excluding carboxylic acids is 1. The Labute approximate surface area is 194 Å². The Morgan fingerprint density at radius 1 is 1.19 bits per heavy atom. The van der Waals surface area contributed by atoms with Crippen molar-refractivity contribution in [3.8, 4) is 28.8 Å². The predicted molar refractivity (Wildman–Crippen MR) is 123 cm³/mol. The van der Waals surface area contributed by atoms with Gasteiger partial charge in [0.25, 0.3) is 5.91 Å². The number of nitrogens with one attached hydrogen (secondary N) is 1. The van der Waals surface area contributed by atoms with Gasteiger partial charge in [0, 0.05) is 30.8 Å². The van der Waals surface area contributed by atoms with Crippen molar-refractivity contribution >= 4 is 40.9 Å². The third kappa shape index (κ3) is 4.57. The molecule has 0 fully saturated rings. The molecule has 0 radical (unpaired) electrons. The van der Waals surface area contributed by atoms with Gasteiger partial charge in [0.15, 0.2) is 11.5 Å². The minimum absolute atomic E-state index is 0.121. The summed E-state index contributed by atoms with van der Waals surface area (Å²) in [5.74, 6) is 0.677. The van der Waals surface area contributed by atoms with E-state index in [-0.39, 0.29) is 21.3 Å². The SMILES string of the molecule is Cn1cc(/C=C(\C#N)C(=O)Nc2c(Cl)cccc2Cl)c(-c2ccc3c(c2)OCCCO3)n1. The molecule has 0 spiro atoms. The highest BCUT2D eigenvalue weighted by atomic mass is 35.5. The molecule has 4 rings (SSSR count). The molecule has 0 aliphatic carbocycles. The van der Waals surface area contributed by atoms with Crippen molar-refractivity contribution < 1.29 is 14.3 Å². The van der Waals surface area contributed by atoms with Crippen LogP contribution in [0.25, 0.3) is 17.3 Å². The van der Waals surface area contributed by atoms with Gasteiger partial charge in [0.05, 0.1) is 34.6 Å². The molecule has 1 aliphatic heterocycles. The normalized spacial score (nSPS) is 13.2. The number of nitriles is 1. The van der Waals surface area contributed by atoms with Gasteiger partial charge in [0.2, 0.25) is 0 Å². The zero-order chi connectivity index (χ0) is 22.7. The molecule has 9 heteroatoms. The second kappa shape index (κ2) is 9.35. The van der Waals surface area contributed by atoms with Crippen molar-refractivity contribution in [2.45, 2.75) is 6.42 Å². The van der Waals surface area contributed by atoms with Crippen molar-refractivity contribution in [1.29, 1.82) is 5.26 Å². The van der Waals surface area contributed by atoms with E-state index in [2.05, 4.69) is 10.4 Å². The fourth-order valence-corrected chi connectivity index (χ4v) is 3.74. The van der Waals surface area contributed by atoms with E-state index in [0.717, 1.165) is 12.0 Å². The molecule has 1 aliphatic rings. The van der Waals surface area contributed by atoms with Crippen LogP contribution in [0.15, 0.2) is 48.2 Å². The molecular weight excluding hydrogens is 451 g/mol. The number of rotatable bonds is 4. The number of hydrogen-bond donors (Lipinski definition) is 1. The summed E-state index contributed by atoms with van der Waals surface area (Å²) in [5, 5.41) is 17.3. The van der Waals surface area contributed by atoms with Gasteiger partial charge in [-0.05, 0) is 36.4 Å². The van der Waals surface area contributed by atoms with Gasteiger partial charge < -0.3 is 14.8 Å². The largest absolute Gasteiger partial charge is 0.490 e. The molecule has 0 bridgehead atoms. The first kappa shape index (κ1) is 21.8. The maximum Gasteiger partial charge on any atom is 0.266 e. The number of amides is 1. The number of aryl methyl sites for hydroxylation is 1. The summed E-state index contributed by atoms with van der Waals surface area (Å²) in [6.07, 6.45) is 4.01. The van der Waals surface area contributed by atoms with Gasteiger partial charge in [-0.25, -0.2) is 0 Å². The third-order valence-electron chi connectivity index (χ3n) is 4.74. The van der Waals surface area contributed by atoms with Gasteiger partial charge in [-0.3, -0.25) is 9.48 Å². The lowest BCUT2D eigenvalue weighted by Gasteiger charge is -2.09. The van der Waals surface area contributed by atoms with Gasteiger partial charge >= 0.3 is 0 Å². The number of aromatic nitrogens is 2. The highest BCUT2D eigenvalue weighted by Gasteiger charge is 2.18. The molecule has 162 valence electrons. The Morgan fingerprint density at radius 2 is 1.91 bits per heavy atom. The van der Waals surface area contributed by atoms with E-state index in [1.807, 2.05) is 24.3 Å². The molecule has 1 aromatic heterocycles. The van der Waals surface area contributed by atoms with Crippen molar-refractivity contribution in [1.82, 2.24) is 9.78 Å². The second-order valence-corrected chi connectivity index (χ2v) is 7.85. The van der Waals surface area contributed by atoms with Crippen LogP contribution in [0.2, 0.25) is 10.0 Å². The van der Waals surface area contributed by atoms with Gasteiger partial charge in [-0.1, -0.05) is 29.3 Å². The molecule has 1 N–H and O–H groups in total. The van der Waals surface area contributed by atoms with Crippen LogP contribution < -0.4 is 14.8 Å².